The number of sulfonamides is 1. The van der Waals surface area contributed by atoms with Gasteiger partial charge in [-0.15, -0.1) is 0 Å². The summed E-state index contributed by atoms with van der Waals surface area (Å²) in [6.45, 7) is 1.41. The molecule has 1 aliphatic rings. The van der Waals surface area contributed by atoms with Crippen LogP contribution in [0.2, 0.25) is 0 Å². The number of esters is 1. The Morgan fingerprint density at radius 3 is 2.62 bits per heavy atom. The van der Waals surface area contributed by atoms with E-state index in [1.165, 1.54) is 35.7 Å². The van der Waals surface area contributed by atoms with Crippen molar-refractivity contribution in [3.8, 4) is 11.5 Å². The molecule has 29 heavy (non-hydrogen) atoms. The summed E-state index contributed by atoms with van der Waals surface area (Å²) in [5, 5.41) is 9.80. The van der Waals surface area contributed by atoms with Gasteiger partial charge in [0.25, 0.3) is 0 Å². The summed E-state index contributed by atoms with van der Waals surface area (Å²) >= 11 is 0. The maximum atomic E-state index is 12.4. The summed E-state index contributed by atoms with van der Waals surface area (Å²) in [5.41, 5.74) is 1.54. The van der Waals surface area contributed by atoms with Crippen molar-refractivity contribution in [1.82, 2.24) is 0 Å². The lowest BCUT2D eigenvalue weighted by Gasteiger charge is -2.18. The third-order valence-corrected chi connectivity index (χ3v) is 6.49. The van der Waals surface area contributed by atoms with Gasteiger partial charge >= 0.3 is 5.97 Å². The molecule has 154 valence electrons. The molecule has 0 amide bonds. The van der Waals surface area contributed by atoms with E-state index >= 15 is 0 Å². The van der Waals surface area contributed by atoms with Crippen LogP contribution in [-0.2, 0) is 21.2 Å². The molecule has 2 aromatic carbocycles. The fraction of sp³-hybridized carbons (Fsp3) is 0.300. The predicted molar refractivity (Wildman–Crippen MR) is 106 cm³/mol. The number of phenolic OH excluding ortho intramolecular Hbond substituents is 1. The average molecular weight is 419 g/mol. The van der Waals surface area contributed by atoms with Gasteiger partial charge < -0.3 is 14.6 Å². The highest BCUT2D eigenvalue weighted by Crippen LogP contribution is 2.31. The van der Waals surface area contributed by atoms with E-state index in [-0.39, 0.29) is 17.1 Å². The Bertz CT molecular complexity index is 1060. The number of fused-ring (bicyclic) bond motifs is 1. The predicted octanol–water partition coefficient (Wildman–Crippen LogP) is 2.15. The Morgan fingerprint density at radius 1 is 1.17 bits per heavy atom. The van der Waals surface area contributed by atoms with Gasteiger partial charge in [0.2, 0.25) is 10.0 Å². The van der Waals surface area contributed by atoms with Crippen LogP contribution in [0.5, 0.6) is 11.5 Å². The molecule has 0 bridgehead atoms. The Labute approximate surface area is 168 Å². The second-order valence-electron chi connectivity index (χ2n) is 6.45. The van der Waals surface area contributed by atoms with Crippen molar-refractivity contribution in [2.24, 2.45) is 0 Å². The second kappa shape index (κ2) is 8.12. The minimum absolute atomic E-state index is 0.000189. The van der Waals surface area contributed by atoms with Crippen LogP contribution in [0.1, 0.15) is 33.2 Å². The average Bonchev–Trinajstić information content (AvgIpc) is 3.16. The molecule has 1 aliphatic heterocycles. The molecule has 0 aliphatic carbocycles. The first-order valence-electron chi connectivity index (χ1n) is 8.97. The van der Waals surface area contributed by atoms with E-state index in [0.29, 0.717) is 30.0 Å². The third-order valence-electron chi connectivity index (χ3n) is 4.71. The molecule has 0 unspecified atom stereocenters. The summed E-state index contributed by atoms with van der Waals surface area (Å²) in [6.07, 6.45) is 0.507. The first-order chi connectivity index (χ1) is 13.8. The Balaban J connectivity index is 1.70. The van der Waals surface area contributed by atoms with Crippen molar-refractivity contribution in [1.29, 1.82) is 0 Å². The molecule has 0 fully saturated rings. The quantitative estimate of drug-likeness (QED) is 0.541. The molecule has 0 aromatic heterocycles. The van der Waals surface area contributed by atoms with Gasteiger partial charge in [-0.05, 0) is 55.3 Å². The number of ether oxygens (including phenoxy) is 2. The normalized spacial score (nSPS) is 13.1. The summed E-state index contributed by atoms with van der Waals surface area (Å²) in [5.74, 6) is -1.19. The molecule has 1 heterocycles. The van der Waals surface area contributed by atoms with Crippen LogP contribution >= 0.6 is 0 Å². The smallest absolute Gasteiger partial charge is 0.342 e. The minimum Gasteiger partial charge on any atom is -0.507 e. The van der Waals surface area contributed by atoms with Crippen molar-refractivity contribution < 1.29 is 32.6 Å². The van der Waals surface area contributed by atoms with Gasteiger partial charge in [0.1, 0.15) is 17.1 Å². The maximum Gasteiger partial charge on any atom is 0.342 e. The van der Waals surface area contributed by atoms with Gasteiger partial charge in [-0.2, -0.15) is 0 Å². The molecule has 9 heteroatoms. The number of Topliss-reactive ketones (excluding diaryl/α,β-unsaturated/α-hetero) is 1. The Hall–Kier alpha value is -3.07. The number of anilines is 1. The number of carbonyl (C=O) groups is 2. The second-order valence-corrected chi connectivity index (χ2v) is 8.63. The van der Waals surface area contributed by atoms with Crippen molar-refractivity contribution >= 4 is 27.5 Å². The maximum absolute atomic E-state index is 12.4. The summed E-state index contributed by atoms with van der Waals surface area (Å²) < 4.78 is 35.7. The molecule has 2 aromatic rings. The molecule has 3 rings (SSSR count). The fourth-order valence-corrected chi connectivity index (χ4v) is 4.25. The Kier molecular flexibility index (Phi) is 5.78. The molecule has 1 N–H and O–H groups in total. The monoisotopic (exact) mass is 419 g/mol. The zero-order valence-corrected chi connectivity index (χ0v) is 16.9. The lowest BCUT2D eigenvalue weighted by atomic mass is 10.1. The molecule has 0 saturated heterocycles. The van der Waals surface area contributed by atoms with Gasteiger partial charge in [0.15, 0.2) is 12.4 Å². The summed E-state index contributed by atoms with van der Waals surface area (Å²) in [4.78, 5) is 24.6. The largest absolute Gasteiger partial charge is 0.507 e. The number of hydrogen-bond donors (Lipinski definition) is 1. The number of benzene rings is 2. The van der Waals surface area contributed by atoms with Crippen LogP contribution < -0.4 is 9.04 Å². The van der Waals surface area contributed by atoms with Gasteiger partial charge in [0.05, 0.1) is 18.6 Å². The van der Waals surface area contributed by atoms with E-state index < -0.39 is 28.4 Å². The van der Waals surface area contributed by atoms with Crippen LogP contribution in [0.3, 0.4) is 0 Å². The number of ketones is 1. The molecular weight excluding hydrogens is 398 g/mol. The van der Waals surface area contributed by atoms with Crippen molar-refractivity contribution in [3.05, 3.63) is 53.1 Å². The van der Waals surface area contributed by atoms with Crippen LogP contribution in [0.4, 0.5) is 5.69 Å². The first-order valence-corrected chi connectivity index (χ1v) is 10.6. The third kappa shape index (κ3) is 4.19. The fourth-order valence-electron chi connectivity index (χ4n) is 3.09. The van der Waals surface area contributed by atoms with Gasteiger partial charge in [-0.1, -0.05) is 0 Å². The highest BCUT2D eigenvalue weighted by atomic mass is 32.2. The number of aromatic hydroxyl groups is 1. The zero-order chi connectivity index (χ0) is 21.2. The number of carbonyl (C=O) groups excluding carboxylic acids is 2. The highest BCUT2D eigenvalue weighted by molar-refractivity contribution is 7.92. The molecule has 0 saturated carbocycles. The lowest BCUT2D eigenvalue weighted by molar-refractivity contribution is 0.0471. The summed E-state index contributed by atoms with van der Waals surface area (Å²) in [6, 6.07) is 8.84. The van der Waals surface area contributed by atoms with E-state index in [1.54, 1.807) is 19.1 Å². The molecule has 8 nitrogen and oxygen atoms in total. The van der Waals surface area contributed by atoms with E-state index in [0.717, 1.165) is 5.56 Å². The van der Waals surface area contributed by atoms with Crippen molar-refractivity contribution in [3.63, 3.8) is 0 Å². The molecular formula is C20H21NO7S. The van der Waals surface area contributed by atoms with Crippen LogP contribution in [0.25, 0.3) is 0 Å². The van der Waals surface area contributed by atoms with Crippen molar-refractivity contribution in [2.45, 2.75) is 13.3 Å². The minimum atomic E-state index is -3.36. The van der Waals surface area contributed by atoms with Gasteiger partial charge in [-0.3, -0.25) is 9.10 Å². The summed E-state index contributed by atoms with van der Waals surface area (Å²) in [7, 11) is -1.94. The standard InChI is InChI=1S/C20H21NO7S/c1-3-29(25,26)21-9-8-13-10-14(4-6-17(13)21)19(23)12-28-20(24)16-11-15(27-2)5-7-18(16)22/h4-7,10-11,22H,3,8-9,12H2,1-2H3. The number of methoxy groups -OCH3 is 1. The number of rotatable bonds is 7. The van der Waals surface area contributed by atoms with E-state index in [2.05, 4.69) is 0 Å². The topological polar surface area (TPSA) is 110 Å². The number of nitrogens with zero attached hydrogens (tertiary/aromatic N) is 1. The van der Waals surface area contributed by atoms with E-state index in [4.69, 9.17) is 9.47 Å². The number of phenols is 1. The molecule has 0 atom stereocenters. The lowest BCUT2D eigenvalue weighted by Crippen LogP contribution is -2.30. The number of hydrogen-bond acceptors (Lipinski definition) is 7. The SMILES string of the molecule is CCS(=O)(=O)N1CCc2cc(C(=O)COC(=O)c3cc(OC)ccc3O)ccc21. The van der Waals surface area contributed by atoms with Crippen LogP contribution in [-0.4, -0.2) is 51.3 Å². The van der Waals surface area contributed by atoms with E-state index in [9.17, 15) is 23.1 Å². The van der Waals surface area contributed by atoms with E-state index in [1.807, 2.05) is 0 Å². The van der Waals surface area contributed by atoms with Crippen molar-refractivity contribution in [2.75, 3.05) is 30.3 Å². The first kappa shape index (κ1) is 20.7. The molecule has 0 spiro atoms. The van der Waals surface area contributed by atoms with Crippen LogP contribution in [0.15, 0.2) is 36.4 Å². The zero-order valence-electron chi connectivity index (χ0n) is 16.0. The molecule has 0 radical (unpaired) electrons. The van der Waals surface area contributed by atoms with Gasteiger partial charge in [0, 0.05) is 12.1 Å². The Morgan fingerprint density at radius 2 is 1.93 bits per heavy atom. The van der Waals surface area contributed by atoms with Crippen LogP contribution in [0, 0.1) is 0 Å². The van der Waals surface area contributed by atoms with Gasteiger partial charge in [-0.25, -0.2) is 13.2 Å². The highest BCUT2D eigenvalue weighted by Gasteiger charge is 2.28.